The van der Waals surface area contributed by atoms with E-state index < -0.39 is 10.0 Å². The van der Waals surface area contributed by atoms with Crippen molar-refractivity contribution in [3.63, 3.8) is 0 Å². The molecular formula is C7H11ClN2O2S. The first-order valence-electron chi connectivity index (χ1n) is 3.66. The second kappa shape index (κ2) is 3.69. The van der Waals surface area contributed by atoms with Gasteiger partial charge in [0, 0.05) is 18.9 Å². The van der Waals surface area contributed by atoms with Gasteiger partial charge >= 0.3 is 0 Å². The Morgan fingerprint density at radius 2 is 2.23 bits per heavy atom. The van der Waals surface area contributed by atoms with E-state index >= 15 is 0 Å². The Bertz CT molecular complexity index is 397. The summed E-state index contributed by atoms with van der Waals surface area (Å²) in [7, 11) is -0.205. The number of hydrogen-bond donors (Lipinski definition) is 1. The number of sulfonamides is 1. The van der Waals surface area contributed by atoms with Gasteiger partial charge < -0.3 is 4.57 Å². The lowest BCUT2D eigenvalue weighted by atomic mass is 10.5. The maximum Gasteiger partial charge on any atom is 0.241 e. The smallest absolute Gasteiger partial charge is 0.241 e. The molecule has 13 heavy (non-hydrogen) atoms. The van der Waals surface area contributed by atoms with Crippen LogP contribution < -0.4 is 4.72 Å². The summed E-state index contributed by atoms with van der Waals surface area (Å²) >= 11 is 5.60. The quantitative estimate of drug-likeness (QED) is 0.765. The molecule has 0 aliphatic carbocycles. The largest absolute Gasteiger partial charge is 0.352 e. The molecule has 0 spiro atoms. The summed E-state index contributed by atoms with van der Waals surface area (Å²) in [5.41, 5.74) is 0.774. The first-order valence-corrected chi connectivity index (χ1v) is 5.68. The van der Waals surface area contributed by atoms with Crippen molar-refractivity contribution >= 4 is 21.6 Å². The van der Waals surface area contributed by atoms with Crippen molar-refractivity contribution in [2.24, 2.45) is 7.05 Å². The summed E-state index contributed by atoms with van der Waals surface area (Å²) in [4.78, 5) is 0.244. The molecule has 0 bridgehead atoms. The van der Waals surface area contributed by atoms with E-state index in [2.05, 4.69) is 4.72 Å². The summed E-state index contributed by atoms with van der Waals surface area (Å²) in [6.45, 7) is 0. The van der Waals surface area contributed by atoms with Gasteiger partial charge in [-0.2, -0.15) is 0 Å². The van der Waals surface area contributed by atoms with Crippen molar-refractivity contribution in [1.82, 2.24) is 9.29 Å². The maximum atomic E-state index is 11.3. The summed E-state index contributed by atoms with van der Waals surface area (Å²) in [6, 6.07) is 1.55. The van der Waals surface area contributed by atoms with Crippen molar-refractivity contribution in [1.29, 1.82) is 0 Å². The minimum absolute atomic E-state index is 0.244. The van der Waals surface area contributed by atoms with Crippen molar-refractivity contribution in [2.75, 3.05) is 7.05 Å². The molecule has 1 aromatic heterocycles. The van der Waals surface area contributed by atoms with Crippen LogP contribution in [-0.4, -0.2) is 20.0 Å². The lowest BCUT2D eigenvalue weighted by molar-refractivity contribution is 0.588. The molecule has 0 atom stereocenters. The van der Waals surface area contributed by atoms with Crippen molar-refractivity contribution in [3.8, 4) is 0 Å². The number of aromatic nitrogens is 1. The highest BCUT2D eigenvalue weighted by Gasteiger charge is 2.14. The van der Waals surface area contributed by atoms with Crippen molar-refractivity contribution < 1.29 is 8.42 Å². The zero-order valence-electron chi connectivity index (χ0n) is 7.41. The molecule has 0 fully saturated rings. The third-order valence-corrected chi connectivity index (χ3v) is 3.45. The van der Waals surface area contributed by atoms with E-state index in [1.165, 1.54) is 13.2 Å². The molecule has 74 valence electrons. The molecule has 1 rings (SSSR count). The van der Waals surface area contributed by atoms with Gasteiger partial charge in [0.25, 0.3) is 0 Å². The minimum Gasteiger partial charge on any atom is -0.352 e. The van der Waals surface area contributed by atoms with Crippen LogP contribution >= 0.6 is 11.6 Å². The summed E-state index contributed by atoms with van der Waals surface area (Å²) < 4.78 is 26.6. The monoisotopic (exact) mass is 222 g/mol. The lowest BCUT2D eigenvalue weighted by Crippen LogP contribution is -2.17. The number of nitrogens with zero attached hydrogens (tertiary/aromatic N) is 1. The Labute approximate surface area is 82.6 Å². The lowest BCUT2D eigenvalue weighted by Gasteiger charge is -1.96. The van der Waals surface area contributed by atoms with E-state index in [1.807, 2.05) is 0 Å². The van der Waals surface area contributed by atoms with Crippen LogP contribution in [0.5, 0.6) is 0 Å². The third-order valence-electron chi connectivity index (χ3n) is 1.80. The summed E-state index contributed by atoms with van der Waals surface area (Å²) in [5, 5.41) is 0. The molecule has 0 unspecified atom stereocenters. The number of nitrogens with one attached hydrogen (secondary N) is 1. The third kappa shape index (κ3) is 2.04. The minimum atomic E-state index is -3.34. The molecule has 0 aliphatic rings. The number of aryl methyl sites for hydroxylation is 1. The van der Waals surface area contributed by atoms with E-state index in [1.54, 1.807) is 17.7 Å². The molecule has 0 radical (unpaired) electrons. The van der Waals surface area contributed by atoms with Gasteiger partial charge in [-0.25, -0.2) is 13.1 Å². The van der Waals surface area contributed by atoms with E-state index in [0.29, 0.717) is 5.88 Å². The fourth-order valence-corrected chi connectivity index (χ4v) is 2.06. The fourth-order valence-electron chi connectivity index (χ4n) is 0.975. The van der Waals surface area contributed by atoms with E-state index in [4.69, 9.17) is 11.6 Å². The number of rotatable bonds is 3. The highest BCUT2D eigenvalue weighted by atomic mass is 35.5. The van der Waals surface area contributed by atoms with Gasteiger partial charge in [0.1, 0.15) is 0 Å². The Morgan fingerprint density at radius 1 is 1.62 bits per heavy atom. The summed E-state index contributed by atoms with van der Waals surface area (Å²) in [5.74, 6) is 0.301. The van der Waals surface area contributed by atoms with Crippen LogP contribution in [0, 0.1) is 0 Å². The predicted molar refractivity (Wildman–Crippen MR) is 51.2 cm³/mol. The number of alkyl halides is 1. The molecule has 0 amide bonds. The molecule has 0 aromatic carbocycles. The molecular weight excluding hydrogens is 212 g/mol. The Balaban J connectivity index is 3.19. The van der Waals surface area contributed by atoms with Gasteiger partial charge in [-0.1, -0.05) is 0 Å². The van der Waals surface area contributed by atoms with Crippen LogP contribution in [0.25, 0.3) is 0 Å². The van der Waals surface area contributed by atoms with Gasteiger partial charge in [-0.15, -0.1) is 11.6 Å². The standard InChI is InChI=1S/C7H11ClN2O2S/c1-9-13(11,12)7-3-6(4-8)10(2)5-7/h3,5,9H,4H2,1-2H3. The van der Waals surface area contributed by atoms with Gasteiger partial charge in [-0.05, 0) is 13.1 Å². The van der Waals surface area contributed by atoms with E-state index in [0.717, 1.165) is 5.69 Å². The number of halogens is 1. The second-order valence-corrected chi connectivity index (χ2v) is 4.77. The van der Waals surface area contributed by atoms with Gasteiger partial charge in [0.15, 0.2) is 0 Å². The topological polar surface area (TPSA) is 51.1 Å². The van der Waals surface area contributed by atoms with E-state index in [9.17, 15) is 8.42 Å². The molecule has 0 aliphatic heterocycles. The van der Waals surface area contributed by atoms with E-state index in [-0.39, 0.29) is 4.90 Å². The zero-order chi connectivity index (χ0) is 10.1. The SMILES string of the molecule is CNS(=O)(=O)c1cc(CCl)n(C)c1. The Hall–Kier alpha value is -0.520. The molecule has 1 aromatic rings. The normalized spacial score (nSPS) is 11.9. The highest BCUT2D eigenvalue weighted by Crippen LogP contribution is 2.14. The zero-order valence-corrected chi connectivity index (χ0v) is 8.98. The fraction of sp³-hybridized carbons (Fsp3) is 0.429. The first-order chi connectivity index (χ1) is 6.01. The van der Waals surface area contributed by atoms with Gasteiger partial charge in [0.2, 0.25) is 10.0 Å². The first kappa shape index (κ1) is 10.6. The average molecular weight is 223 g/mol. The maximum absolute atomic E-state index is 11.3. The molecule has 0 saturated heterocycles. The molecule has 1 heterocycles. The van der Waals surface area contributed by atoms with Crippen LogP contribution in [0.4, 0.5) is 0 Å². The molecule has 1 N–H and O–H groups in total. The van der Waals surface area contributed by atoms with Gasteiger partial charge in [0.05, 0.1) is 10.8 Å². The summed E-state index contributed by atoms with van der Waals surface area (Å²) in [6.07, 6.45) is 1.53. The number of hydrogen-bond acceptors (Lipinski definition) is 2. The Morgan fingerprint density at radius 3 is 2.62 bits per heavy atom. The van der Waals surface area contributed by atoms with Crippen molar-refractivity contribution in [3.05, 3.63) is 18.0 Å². The molecule has 0 saturated carbocycles. The average Bonchev–Trinajstić information content (AvgIpc) is 2.47. The van der Waals surface area contributed by atoms with Crippen molar-refractivity contribution in [2.45, 2.75) is 10.8 Å². The van der Waals surface area contributed by atoms with Crippen LogP contribution in [0.1, 0.15) is 5.69 Å². The van der Waals surface area contributed by atoms with Gasteiger partial charge in [-0.3, -0.25) is 0 Å². The van der Waals surface area contributed by atoms with Crippen LogP contribution in [0.2, 0.25) is 0 Å². The second-order valence-electron chi connectivity index (χ2n) is 2.62. The predicted octanol–water partition coefficient (Wildman–Crippen LogP) is 0.672. The molecule has 4 nitrogen and oxygen atoms in total. The van der Waals surface area contributed by atoms with Crippen LogP contribution in [0.3, 0.4) is 0 Å². The Kier molecular flexibility index (Phi) is 3.00. The molecule has 6 heteroatoms. The van der Waals surface area contributed by atoms with Crippen LogP contribution in [0.15, 0.2) is 17.2 Å². The highest BCUT2D eigenvalue weighted by molar-refractivity contribution is 7.89. The van der Waals surface area contributed by atoms with Crippen LogP contribution in [-0.2, 0) is 23.0 Å².